The van der Waals surface area contributed by atoms with Gasteiger partial charge in [0.05, 0.1) is 25.3 Å². The van der Waals surface area contributed by atoms with Crippen LogP contribution in [-0.4, -0.2) is 47.4 Å². The predicted octanol–water partition coefficient (Wildman–Crippen LogP) is 4.99. The molecule has 0 saturated heterocycles. The van der Waals surface area contributed by atoms with Crippen LogP contribution in [0.3, 0.4) is 0 Å². The molecule has 1 aliphatic heterocycles. The molecule has 0 radical (unpaired) electrons. The Morgan fingerprint density at radius 3 is 2.51 bits per heavy atom. The lowest BCUT2D eigenvalue weighted by Gasteiger charge is -2.22. The lowest BCUT2D eigenvalue weighted by atomic mass is 9.83. The maximum absolute atomic E-state index is 15.2. The monoisotopic (exact) mass is 504 g/mol. The molecular formula is C26H30ClFN2O5. The molecule has 0 aliphatic carbocycles. The molecule has 0 amide bonds. The van der Waals surface area contributed by atoms with Crippen molar-refractivity contribution in [2.75, 3.05) is 19.8 Å². The van der Waals surface area contributed by atoms with E-state index in [0.29, 0.717) is 17.7 Å². The summed E-state index contributed by atoms with van der Waals surface area (Å²) in [4.78, 5) is 25.5. The largest absolute Gasteiger partial charge is 0.490 e. The minimum absolute atomic E-state index is 0. The summed E-state index contributed by atoms with van der Waals surface area (Å²) in [6.45, 7) is 7.94. The molecule has 2 aromatic rings. The Morgan fingerprint density at radius 2 is 1.89 bits per heavy atom. The number of hydrogen-bond donors (Lipinski definition) is 2. The summed E-state index contributed by atoms with van der Waals surface area (Å²) >= 11 is 0. The average molecular weight is 505 g/mol. The van der Waals surface area contributed by atoms with Crippen LogP contribution in [-0.2, 0) is 16.8 Å². The third kappa shape index (κ3) is 6.00. The van der Waals surface area contributed by atoms with Crippen LogP contribution >= 0.6 is 12.4 Å². The number of halogens is 2. The molecule has 9 heteroatoms. The number of amidine groups is 1. The second-order valence-electron chi connectivity index (χ2n) is 8.52. The third-order valence-corrected chi connectivity index (χ3v) is 5.68. The number of allylic oxidation sites excluding steroid dienone is 1. The van der Waals surface area contributed by atoms with Gasteiger partial charge in [0, 0.05) is 23.6 Å². The van der Waals surface area contributed by atoms with Gasteiger partial charge in [-0.05, 0) is 37.1 Å². The number of carboxylic acids is 1. The second kappa shape index (κ2) is 11.4. The summed E-state index contributed by atoms with van der Waals surface area (Å²) in [7, 11) is 0. The Labute approximate surface area is 210 Å². The second-order valence-corrected chi connectivity index (χ2v) is 8.52. The smallest absolute Gasteiger partial charge is 0.328 e. The molecule has 7 nitrogen and oxygen atoms in total. The predicted molar refractivity (Wildman–Crippen MR) is 134 cm³/mol. The minimum Gasteiger partial charge on any atom is -0.490 e. The van der Waals surface area contributed by atoms with E-state index in [1.54, 1.807) is 44.2 Å². The number of aliphatic carboxylic acids is 1. The van der Waals surface area contributed by atoms with Gasteiger partial charge in [0.15, 0.2) is 23.1 Å². The van der Waals surface area contributed by atoms with Gasteiger partial charge in [-0.1, -0.05) is 38.1 Å². The van der Waals surface area contributed by atoms with E-state index in [2.05, 4.69) is 0 Å². The molecule has 2 aromatic carbocycles. The van der Waals surface area contributed by atoms with Crippen molar-refractivity contribution in [3.05, 3.63) is 70.6 Å². The van der Waals surface area contributed by atoms with Gasteiger partial charge >= 0.3 is 5.97 Å². The molecule has 1 aliphatic rings. The van der Waals surface area contributed by atoms with Gasteiger partial charge in [-0.3, -0.25) is 10.2 Å². The highest BCUT2D eigenvalue weighted by Gasteiger charge is 2.33. The van der Waals surface area contributed by atoms with Crippen molar-refractivity contribution >= 4 is 30.0 Å². The van der Waals surface area contributed by atoms with E-state index in [4.69, 9.17) is 20.0 Å². The molecule has 0 saturated carbocycles. The zero-order valence-corrected chi connectivity index (χ0v) is 21.0. The topological polar surface area (TPSA) is 99.9 Å². The SMILES string of the molecule is CCOc1cc2c(c(F)c1OCC)C(=N)N(CC(=O)c1cccc(C(C)(C)/C=C/C(=O)O)c1)C2.Cl. The number of carbonyl (C=O) groups excluding carboxylic acids is 1. The Bertz CT molecular complexity index is 1160. The van der Waals surface area contributed by atoms with E-state index in [1.165, 1.54) is 4.90 Å². The zero-order valence-electron chi connectivity index (χ0n) is 20.2. The van der Waals surface area contributed by atoms with Crippen molar-refractivity contribution in [2.24, 2.45) is 0 Å². The highest BCUT2D eigenvalue weighted by molar-refractivity contribution is 6.05. The molecule has 0 atom stereocenters. The molecule has 3 rings (SSSR count). The molecule has 0 bridgehead atoms. The summed E-state index contributed by atoms with van der Waals surface area (Å²) in [6.07, 6.45) is 2.65. The number of carbonyl (C=O) groups is 2. The number of nitrogens with one attached hydrogen (secondary N) is 1. The number of benzene rings is 2. The molecule has 35 heavy (non-hydrogen) atoms. The maximum atomic E-state index is 15.2. The summed E-state index contributed by atoms with van der Waals surface area (Å²) in [6, 6.07) is 8.64. The van der Waals surface area contributed by atoms with Crippen molar-refractivity contribution in [1.29, 1.82) is 5.41 Å². The number of nitrogens with zero attached hydrogens (tertiary/aromatic N) is 1. The molecule has 188 valence electrons. The first kappa shape index (κ1) is 27.9. The number of carboxylic acid groups (broad SMARTS) is 1. The first-order chi connectivity index (χ1) is 16.1. The third-order valence-electron chi connectivity index (χ3n) is 5.68. The van der Waals surface area contributed by atoms with Gasteiger partial charge in [0.25, 0.3) is 0 Å². The van der Waals surface area contributed by atoms with Crippen LogP contribution in [0, 0.1) is 11.2 Å². The summed E-state index contributed by atoms with van der Waals surface area (Å²) in [5.41, 5.74) is 1.30. The van der Waals surface area contributed by atoms with Gasteiger partial charge in [-0.15, -0.1) is 12.4 Å². The van der Waals surface area contributed by atoms with Crippen molar-refractivity contribution in [3.63, 3.8) is 0 Å². The van der Waals surface area contributed by atoms with Gasteiger partial charge in [0.2, 0.25) is 0 Å². The number of rotatable bonds is 10. The lowest BCUT2D eigenvalue weighted by molar-refractivity contribution is -0.131. The number of hydrogen-bond acceptors (Lipinski definition) is 5. The normalized spacial score (nSPS) is 12.9. The molecule has 0 fully saturated rings. The lowest BCUT2D eigenvalue weighted by Crippen LogP contribution is -2.30. The van der Waals surface area contributed by atoms with Gasteiger partial charge in [0.1, 0.15) is 5.84 Å². The molecule has 0 unspecified atom stereocenters. The fourth-order valence-corrected chi connectivity index (χ4v) is 3.89. The van der Waals surface area contributed by atoms with E-state index in [0.717, 1.165) is 11.6 Å². The highest BCUT2D eigenvalue weighted by Crippen LogP contribution is 2.39. The number of ketones is 1. The Balaban J connectivity index is 0.00000432. The molecule has 2 N–H and O–H groups in total. The summed E-state index contributed by atoms with van der Waals surface area (Å²) < 4.78 is 26.2. The number of ether oxygens (including phenoxy) is 2. The van der Waals surface area contributed by atoms with E-state index >= 15 is 4.39 Å². The van der Waals surface area contributed by atoms with Crippen molar-refractivity contribution < 1.29 is 28.6 Å². The summed E-state index contributed by atoms with van der Waals surface area (Å²) in [5.74, 6) is -1.74. The van der Waals surface area contributed by atoms with Crippen molar-refractivity contribution in [1.82, 2.24) is 4.90 Å². The Kier molecular flexibility index (Phi) is 9.04. The van der Waals surface area contributed by atoms with Crippen LogP contribution in [0.2, 0.25) is 0 Å². The Morgan fingerprint density at radius 1 is 1.20 bits per heavy atom. The van der Waals surface area contributed by atoms with Gasteiger partial charge < -0.3 is 19.5 Å². The number of fused-ring (bicyclic) bond motifs is 1. The van der Waals surface area contributed by atoms with Crippen LogP contribution < -0.4 is 9.47 Å². The molecular weight excluding hydrogens is 475 g/mol. The quantitative estimate of drug-likeness (QED) is 0.349. The first-order valence-corrected chi connectivity index (χ1v) is 11.1. The minimum atomic E-state index is -1.04. The van der Waals surface area contributed by atoms with Crippen LogP contribution in [0.4, 0.5) is 4.39 Å². The van der Waals surface area contributed by atoms with E-state index in [1.807, 2.05) is 19.9 Å². The standard InChI is InChI=1S/C26H29FN2O5.ClH/c1-5-33-20-13-17-14-29(25(28)22(17)23(27)24(20)34-6-2)15-19(30)16-8-7-9-18(12-16)26(3,4)11-10-21(31)32;/h7-13,28H,5-6,14-15H2,1-4H3,(H,31,32);1H/b11-10+,28-25?;. The van der Waals surface area contributed by atoms with Crippen molar-refractivity contribution in [2.45, 2.75) is 39.7 Å². The molecule has 0 spiro atoms. The summed E-state index contributed by atoms with van der Waals surface area (Å²) in [5, 5.41) is 17.4. The van der Waals surface area contributed by atoms with Crippen molar-refractivity contribution in [3.8, 4) is 11.5 Å². The van der Waals surface area contributed by atoms with E-state index in [9.17, 15) is 9.59 Å². The molecule has 0 aromatic heterocycles. The fraction of sp³-hybridized carbons (Fsp3) is 0.346. The first-order valence-electron chi connectivity index (χ1n) is 11.1. The Hall–Kier alpha value is -3.39. The molecule has 1 heterocycles. The fourth-order valence-electron chi connectivity index (χ4n) is 3.89. The van der Waals surface area contributed by atoms with Crippen LogP contribution in [0.5, 0.6) is 11.5 Å². The average Bonchev–Trinajstić information content (AvgIpc) is 3.10. The number of Topliss-reactive ketones (excluding diaryl/α,β-unsaturated/α-hetero) is 1. The van der Waals surface area contributed by atoms with Crippen LogP contribution in [0.25, 0.3) is 0 Å². The van der Waals surface area contributed by atoms with E-state index in [-0.39, 0.29) is 60.8 Å². The van der Waals surface area contributed by atoms with E-state index < -0.39 is 17.2 Å². The van der Waals surface area contributed by atoms with Crippen LogP contribution in [0.1, 0.15) is 54.7 Å². The zero-order chi connectivity index (χ0) is 25.0. The highest BCUT2D eigenvalue weighted by atomic mass is 35.5. The maximum Gasteiger partial charge on any atom is 0.328 e. The van der Waals surface area contributed by atoms with Gasteiger partial charge in [-0.25, -0.2) is 9.18 Å². The van der Waals surface area contributed by atoms with Crippen LogP contribution in [0.15, 0.2) is 42.5 Å². The van der Waals surface area contributed by atoms with Gasteiger partial charge in [-0.2, -0.15) is 0 Å².